The molecule has 1 heterocycles. The van der Waals surface area contributed by atoms with E-state index in [0.717, 1.165) is 18.4 Å². The molecule has 0 radical (unpaired) electrons. The largest absolute Gasteiger partial charge is 0.300 e. The van der Waals surface area contributed by atoms with Crippen molar-refractivity contribution in [2.45, 2.75) is 44.6 Å². The van der Waals surface area contributed by atoms with E-state index in [1.807, 2.05) is 19.2 Å². The van der Waals surface area contributed by atoms with Gasteiger partial charge in [-0.3, -0.25) is 9.89 Å². The smallest absolute Gasteiger partial charge is 0.0348 e. The molecule has 1 aliphatic carbocycles. The molecule has 1 saturated heterocycles. The lowest BCUT2D eigenvalue weighted by molar-refractivity contribution is 0.0388. The number of rotatable bonds is 5. The van der Waals surface area contributed by atoms with E-state index in [9.17, 15) is 0 Å². The second-order valence-electron chi connectivity index (χ2n) is 5.63. The predicted molar refractivity (Wildman–Crippen MR) is 79.2 cm³/mol. The van der Waals surface area contributed by atoms with Crippen LogP contribution in [-0.4, -0.2) is 36.8 Å². The van der Waals surface area contributed by atoms with Crippen molar-refractivity contribution in [1.29, 1.82) is 0 Å². The maximum Gasteiger partial charge on any atom is 0.0348 e. The first-order chi connectivity index (χ1) is 8.83. The molecule has 0 atom stereocenters. The van der Waals surface area contributed by atoms with Gasteiger partial charge in [0.2, 0.25) is 0 Å². The fourth-order valence-corrected chi connectivity index (χ4v) is 3.19. The van der Waals surface area contributed by atoms with Crippen LogP contribution in [0.2, 0.25) is 0 Å². The van der Waals surface area contributed by atoms with E-state index >= 15 is 0 Å². The molecule has 2 aliphatic rings. The zero-order chi connectivity index (χ0) is 12.8. The summed E-state index contributed by atoms with van der Waals surface area (Å²) >= 11 is 0. The number of hydrogen-bond acceptors (Lipinski definition) is 2. The van der Waals surface area contributed by atoms with E-state index in [-0.39, 0.29) is 0 Å². The van der Waals surface area contributed by atoms with Gasteiger partial charge in [0.15, 0.2) is 0 Å². The average molecular weight is 246 g/mol. The zero-order valence-electron chi connectivity index (χ0n) is 11.6. The number of hydrogen-bond donors (Lipinski definition) is 0. The molecular formula is C16H26N2. The fourth-order valence-electron chi connectivity index (χ4n) is 3.19. The quantitative estimate of drug-likeness (QED) is 0.536. The Hall–Kier alpha value is -0.890. The van der Waals surface area contributed by atoms with Crippen LogP contribution in [-0.2, 0) is 0 Å². The van der Waals surface area contributed by atoms with Crippen LogP contribution in [0.15, 0.2) is 29.8 Å². The van der Waals surface area contributed by atoms with E-state index in [1.54, 1.807) is 0 Å². The predicted octanol–water partition coefficient (Wildman–Crippen LogP) is 3.45. The maximum atomic E-state index is 4.35. The van der Waals surface area contributed by atoms with Crippen LogP contribution in [0.25, 0.3) is 0 Å². The molecule has 0 N–H and O–H groups in total. The van der Waals surface area contributed by atoms with E-state index in [0.29, 0.717) is 0 Å². The highest BCUT2D eigenvalue weighted by Crippen LogP contribution is 2.29. The van der Waals surface area contributed by atoms with Crippen molar-refractivity contribution >= 4 is 5.71 Å². The van der Waals surface area contributed by atoms with Crippen molar-refractivity contribution in [2.75, 3.05) is 20.1 Å². The summed E-state index contributed by atoms with van der Waals surface area (Å²) in [5, 5.41) is 0. The maximum absolute atomic E-state index is 4.35. The minimum Gasteiger partial charge on any atom is -0.300 e. The number of likely N-dealkylation sites (tertiary alicyclic amines) is 1. The van der Waals surface area contributed by atoms with Crippen LogP contribution in [0.3, 0.4) is 0 Å². The molecule has 0 amide bonds. The number of nitrogens with zero attached hydrogens (tertiary/aromatic N) is 2. The second-order valence-corrected chi connectivity index (χ2v) is 5.63. The van der Waals surface area contributed by atoms with Gasteiger partial charge in [0.25, 0.3) is 0 Å². The third-order valence-electron chi connectivity index (χ3n) is 4.29. The molecule has 0 aromatic carbocycles. The standard InChI is InChI=1S/C16H26N2/c1-3-4-8-15(17-2)11-14-12-18(13-14)16-9-6-5-7-10-16/h3-4,8,14,16H,1,5-7,9-13H2,2H3/b8-4-,17-15+. The summed E-state index contributed by atoms with van der Waals surface area (Å²) in [5.41, 5.74) is 1.21. The molecule has 1 aliphatic heterocycles. The van der Waals surface area contributed by atoms with Gasteiger partial charge in [0.05, 0.1) is 0 Å². The molecular weight excluding hydrogens is 220 g/mol. The first kappa shape index (κ1) is 13.5. The summed E-state index contributed by atoms with van der Waals surface area (Å²) in [4.78, 5) is 7.04. The Morgan fingerprint density at radius 3 is 2.61 bits per heavy atom. The molecule has 0 spiro atoms. The topological polar surface area (TPSA) is 15.6 Å². The first-order valence-electron chi connectivity index (χ1n) is 7.32. The van der Waals surface area contributed by atoms with Gasteiger partial charge in [0.1, 0.15) is 0 Å². The van der Waals surface area contributed by atoms with Crippen molar-refractivity contribution in [2.24, 2.45) is 10.9 Å². The Balaban J connectivity index is 1.71. The molecule has 0 aromatic heterocycles. The van der Waals surface area contributed by atoms with E-state index in [1.165, 1.54) is 50.9 Å². The van der Waals surface area contributed by atoms with Crippen molar-refractivity contribution in [3.63, 3.8) is 0 Å². The van der Waals surface area contributed by atoms with Gasteiger partial charge in [-0.15, -0.1) is 0 Å². The fraction of sp³-hybridized carbons (Fsp3) is 0.688. The lowest BCUT2D eigenvalue weighted by Crippen LogP contribution is -2.53. The molecule has 2 nitrogen and oxygen atoms in total. The van der Waals surface area contributed by atoms with Gasteiger partial charge in [-0.05, 0) is 31.3 Å². The third kappa shape index (κ3) is 3.55. The molecule has 2 fully saturated rings. The molecule has 0 aromatic rings. The zero-order valence-corrected chi connectivity index (χ0v) is 11.6. The minimum atomic E-state index is 0.820. The van der Waals surface area contributed by atoms with Gasteiger partial charge in [-0.2, -0.15) is 0 Å². The molecule has 18 heavy (non-hydrogen) atoms. The summed E-state index contributed by atoms with van der Waals surface area (Å²) in [6.45, 7) is 6.27. The summed E-state index contributed by atoms with van der Waals surface area (Å²) in [7, 11) is 1.89. The Labute approximate surface area is 111 Å². The van der Waals surface area contributed by atoms with Crippen LogP contribution in [0.1, 0.15) is 38.5 Å². The average Bonchev–Trinajstić information content (AvgIpc) is 2.38. The van der Waals surface area contributed by atoms with Crippen molar-refractivity contribution in [3.05, 3.63) is 24.8 Å². The SMILES string of the molecule is C=C/C=C\C(CC1CN(C2CCCCC2)C1)=N/C. The second kappa shape index (κ2) is 6.89. The monoisotopic (exact) mass is 246 g/mol. The highest BCUT2D eigenvalue weighted by atomic mass is 15.2. The van der Waals surface area contributed by atoms with Crippen molar-refractivity contribution < 1.29 is 0 Å². The molecule has 1 saturated carbocycles. The summed E-state index contributed by atoms with van der Waals surface area (Å²) in [5.74, 6) is 0.820. The Morgan fingerprint density at radius 2 is 2.00 bits per heavy atom. The van der Waals surface area contributed by atoms with Crippen molar-refractivity contribution in [3.8, 4) is 0 Å². The highest BCUT2D eigenvalue weighted by Gasteiger charge is 2.32. The highest BCUT2D eigenvalue weighted by molar-refractivity contribution is 5.95. The van der Waals surface area contributed by atoms with Crippen LogP contribution in [0, 0.1) is 5.92 Å². The van der Waals surface area contributed by atoms with E-state index < -0.39 is 0 Å². The Bertz CT molecular complexity index is 318. The van der Waals surface area contributed by atoms with Gasteiger partial charge in [0, 0.05) is 31.9 Å². The third-order valence-corrected chi connectivity index (χ3v) is 4.29. The minimum absolute atomic E-state index is 0.820. The van der Waals surface area contributed by atoms with Crippen LogP contribution in [0.5, 0.6) is 0 Å². The number of allylic oxidation sites excluding steroid dienone is 3. The van der Waals surface area contributed by atoms with E-state index in [2.05, 4.69) is 22.5 Å². The number of aliphatic imine (C=N–C) groups is 1. The molecule has 0 bridgehead atoms. The van der Waals surface area contributed by atoms with Gasteiger partial charge < -0.3 is 0 Å². The summed E-state index contributed by atoms with van der Waals surface area (Å²) in [6, 6.07) is 0.890. The lowest BCUT2D eigenvalue weighted by Gasteiger charge is -2.46. The molecule has 2 rings (SSSR count). The van der Waals surface area contributed by atoms with E-state index in [4.69, 9.17) is 0 Å². The molecule has 0 unspecified atom stereocenters. The normalized spacial score (nSPS) is 24.4. The summed E-state index contributed by atoms with van der Waals surface area (Å²) in [6.07, 6.45) is 14.2. The van der Waals surface area contributed by atoms with Crippen LogP contribution >= 0.6 is 0 Å². The summed E-state index contributed by atoms with van der Waals surface area (Å²) < 4.78 is 0. The molecule has 100 valence electrons. The van der Waals surface area contributed by atoms with Gasteiger partial charge in [-0.1, -0.05) is 38.0 Å². The van der Waals surface area contributed by atoms with Gasteiger partial charge in [-0.25, -0.2) is 0 Å². The Morgan fingerprint density at radius 1 is 1.28 bits per heavy atom. The first-order valence-corrected chi connectivity index (χ1v) is 7.32. The van der Waals surface area contributed by atoms with Crippen molar-refractivity contribution in [1.82, 2.24) is 4.90 Å². The Kier molecular flexibility index (Phi) is 5.18. The van der Waals surface area contributed by atoms with Crippen LogP contribution in [0.4, 0.5) is 0 Å². The van der Waals surface area contributed by atoms with Gasteiger partial charge >= 0.3 is 0 Å². The van der Waals surface area contributed by atoms with Crippen LogP contribution < -0.4 is 0 Å². The molecule has 2 heteroatoms. The lowest BCUT2D eigenvalue weighted by atomic mass is 9.87.